The summed E-state index contributed by atoms with van der Waals surface area (Å²) in [4.78, 5) is 19.3. The highest BCUT2D eigenvalue weighted by atomic mass is 35.5. The summed E-state index contributed by atoms with van der Waals surface area (Å²) in [5, 5.41) is 11.0. The molecule has 0 radical (unpaired) electrons. The Hall–Kier alpha value is -3.58. The zero-order valence-electron chi connectivity index (χ0n) is 26.1. The minimum atomic E-state index is -4.14. The Morgan fingerprint density at radius 3 is 2.74 bits per heavy atom. The first-order valence-electron chi connectivity index (χ1n) is 14.9. The number of methoxy groups -OCH3 is 1. The quantitative estimate of drug-likeness (QED) is 0.190. The Labute approximate surface area is 282 Å². The normalized spacial score (nSPS) is 23.3. The van der Waals surface area contributed by atoms with E-state index >= 15 is 0 Å². The molecule has 2 aromatic rings. The van der Waals surface area contributed by atoms with Crippen molar-refractivity contribution in [3.63, 3.8) is 0 Å². The Balaban J connectivity index is 1.58. The number of nitrogens with zero attached hydrogens (tertiary/aromatic N) is 2. The van der Waals surface area contributed by atoms with Crippen molar-refractivity contribution in [1.82, 2.24) is 9.62 Å². The lowest BCUT2D eigenvalue weighted by Crippen LogP contribution is -2.42. The van der Waals surface area contributed by atoms with Crippen LogP contribution >= 0.6 is 23.4 Å². The van der Waals surface area contributed by atoms with Gasteiger partial charge in [-0.15, -0.1) is 11.8 Å². The van der Waals surface area contributed by atoms with Gasteiger partial charge in [0.1, 0.15) is 23.9 Å². The molecule has 8 nitrogen and oxygen atoms in total. The molecule has 2 N–H and O–H groups in total. The molecule has 3 aliphatic rings. The molecular weight excluding hydrogens is 666 g/mol. The number of hydrogen-bond donors (Lipinski definition) is 2. The molecule has 0 bridgehead atoms. The molecule has 3 heterocycles. The number of benzene rings is 2. The first kappa shape index (κ1) is 34.7. The van der Waals surface area contributed by atoms with Gasteiger partial charge in [0.15, 0.2) is 0 Å². The second-order valence-corrected chi connectivity index (χ2v) is 15.2. The summed E-state index contributed by atoms with van der Waals surface area (Å²) in [7, 11) is -2.96. The number of esters is 1. The maximum Gasteiger partial charge on any atom is 0.339 e. The van der Waals surface area contributed by atoms with Crippen LogP contribution in [0.2, 0.25) is 5.02 Å². The predicted octanol–water partition coefficient (Wildman–Crippen LogP) is 7.17. The van der Waals surface area contributed by atoms with E-state index in [-0.39, 0.29) is 39.4 Å². The van der Waals surface area contributed by atoms with Crippen LogP contribution in [0.25, 0.3) is 0 Å². The molecule has 47 heavy (non-hydrogen) atoms. The lowest BCUT2D eigenvalue weighted by molar-refractivity contribution is 0.0596. The summed E-state index contributed by atoms with van der Waals surface area (Å²) >= 11 is 8.11. The highest BCUT2D eigenvalue weighted by Gasteiger charge is 2.47. The van der Waals surface area contributed by atoms with Gasteiger partial charge in [0.05, 0.1) is 28.5 Å². The molecule has 0 spiro atoms. The lowest BCUT2D eigenvalue weighted by atomic mass is 9.85. The molecule has 4 atom stereocenters. The number of carbonyl (C=O) groups excluding carboxylic acids is 1. The van der Waals surface area contributed by atoms with E-state index in [1.54, 1.807) is 18.2 Å². The van der Waals surface area contributed by atoms with E-state index in [9.17, 15) is 22.0 Å². The van der Waals surface area contributed by atoms with Crippen molar-refractivity contribution >= 4 is 50.9 Å². The van der Waals surface area contributed by atoms with E-state index in [1.807, 2.05) is 23.3 Å². The number of allylic oxidation sites excluding steroid dienone is 4. The second kappa shape index (κ2) is 13.9. The topological polar surface area (TPSA) is 112 Å². The zero-order valence-corrected chi connectivity index (χ0v) is 28.5. The molecular formula is C34H35ClF2N4O4S2. The van der Waals surface area contributed by atoms with Gasteiger partial charge in [-0.1, -0.05) is 55.5 Å². The van der Waals surface area contributed by atoms with Crippen molar-refractivity contribution in [2.75, 3.05) is 20.2 Å². The SMILES string of the molecule is C=C1C=CSC1C1=N[C@@H](c2ccc(F)cc2Cl)C(C(=N)/C=C\CC(C)F)=C2C[C@](C)(CNS(=O)(=O)c3ccccc3C(=O)OC)CN12. The Kier molecular flexibility index (Phi) is 10.3. The van der Waals surface area contributed by atoms with Crippen molar-refractivity contribution in [1.29, 1.82) is 5.41 Å². The number of hydrogen-bond acceptors (Lipinski definition) is 8. The lowest BCUT2D eigenvalue weighted by Gasteiger charge is -2.36. The highest BCUT2D eigenvalue weighted by Crippen LogP contribution is 2.49. The molecule has 248 valence electrons. The van der Waals surface area contributed by atoms with E-state index < -0.39 is 39.4 Å². The zero-order chi connectivity index (χ0) is 34.1. The number of rotatable bonds is 11. The number of aliphatic imine (C=N–C) groups is 1. The van der Waals surface area contributed by atoms with E-state index in [1.165, 1.54) is 62.2 Å². The number of ether oxygens (including phenoxy) is 1. The van der Waals surface area contributed by atoms with E-state index in [0.717, 1.165) is 11.3 Å². The average Bonchev–Trinajstić information content (AvgIpc) is 3.61. The van der Waals surface area contributed by atoms with Crippen LogP contribution in [-0.2, 0) is 14.8 Å². The fraction of sp³-hybridized carbons (Fsp3) is 0.324. The summed E-state index contributed by atoms with van der Waals surface area (Å²) in [6.07, 6.45) is 4.38. The molecule has 1 saturated heterocycles. The molecule has 2 aromatic carbocycles. The smallest absolute Gasteiger partial charge is 0.339 e. The molecule has 3 aliphatic heterocycles. The second-order valence-electron chi connectivity index (χ2n) is 12.0. The summed E-state index contributed by atoms with van der Waals surface area (Å²) in [5.74, 6) is -0.626. The maximum atomic E-state index is 14.2. The molecule has 0 saturated carbocycles. The van der Waals surface area contributed by atoms with Gasteiger partial charge in [0.25, 0.3) is 0 Å². The van der Waals surface area contributed by atoms with Gasteiger partial charge in [-0.2, -0.15) is 0 Å². The fourth-order valence-electron chi connectivity index (χ4n) is 5.89. The monoisotopic (exact) mass is 700 g/mol. The number of fused-ring (bicyclic) bond motifs is 1. The third kappa shape index (κ3) is 7.30. The fourth-order valence-corrected chi connectivity index (χ4v) is 8.53. The number of thioether (sulfide) groups is 1. The van der Waals surface area contributed by atoms with Crippen LogP contribution in [0.4, 0.5) is 8.78 Å². The van der Waals surface area contributed by atoms with Crippen molar-refractivity contribution in [2.24, 2.45) is 10.4 Å². The number of nitrogens with one attached hydrogen (secondary N) is 2. The van der Waals surface area contributed by atoms with Gasteiger partial charge < -0.3 is 15.0 Å². The standard InChI is InChI=1S/C34H35ClF2N4O4S2/c1-20-14-15-46-31(20)32-40-30(23-13-12-22(37)16-25(23)35)29(26(38)10-7-8-21(2)36)27-17-34(3,19-41(27)32)18-39-47(43,44)28-11-6-5-9-24(28)33(42)45-4/h5-7,9-16,21,30-31,38-39H,1,8,17-19H2,2-4H3/b10-7-,38-26?/t21?,30-,31?,34+/m0/s1. The summed E-state index contributed by atoms with van der Waals surface area (Å²) in [6, 6.07) is 9.08. The third-order valence-corrected chi connectivity index (χ3v) is 11.1. The van der Waals surface area contributed by atoms with Crippen LogP contribution in [0.5, 0.6) is 0 Å². The van der Waals surface area contributed by atoms with Gasteiger partial charge in [0.2, 0.25) is 10.0 Å². The van der Waals surface area contributed by atoms with E-state index in [0.29, 0.717) is 29.9 Å². The largest absolute Gasteiger partial charge is 0.465 e. The molecule has 0 amide bonds. The molecule has 5 rings (SSSR count). The average molecular weight is 701 g/mol. The first-order chi connectivity index (χ1) is 22.2. The summed E-state index contributed by atoms with van der Waals surface area (Å²) < 4.78 is 62.4. The van der Waals surface area contributed by atoms with Gasteiger partial charge >= 0.3 is 5.97 Å². The van der Waals surface area contributed by atoms with Crippen LogP contribution in [0.1, 0.15) is 48.7 Å². The van der Waals surface area contributed by atoms with Crippen molar-refractivity contribution < 1.29 is 26.7 Å². The van der Waals surface area contributed by atoms with Gasteiger partial charge in [-0.3, -0.25) is 4.99 Å². The van der Waals surface area contributed by atoms with Crippen LogP contribution in [0, 0.1) is 16.6 Å². The number of alkyl halides is 1. The molecule has 0 aliphatic carbocycles. The number of sulfonamides is 1. The van der Waals surface area contributed by atoms with Crippen molar-refractivity contribution in [3.05, 3.63) is 111 Å². The van der Waals surface area contributed by atoms with Gasteiger partial charge in [0, 0.05) is 40.4 Å². The highest BCUT2D eigenvalue weighted by molar-refractivity contribution is 8.04. The van der Waals surface area contributed by atoms with Gasteiger partial charge in [-0.25, -0.2) is 26.7 Å². The van der Waals surface area contributed by atoms with Gasteiger partial charge in [-0.05, 0) is 61.1 Å². The van der Waals surface area contributed by atoms with Crippen molar-refractivity contribution in [2.45, 2.75) is 49.0 Å². The predicted molar refractivity (Wildman–Crippen MR) is 183 cm³/mol. The first-order valence-corrected chi connectivity index (χ1v) is 17.7. The summed E-state index contributed by atoms with van der Waals surface area (Å²) in [5.41, 5.74) is 1.87. The number of amidine groups is 1. The van der Waals surface area contributed by atoms with Crippen LogP contribution < -0.4 is 4.72 Å². The Morgan fingerprint density at radius 1 is 1.34 bits per heavy atom. The Morgan fingerprint density at radius 2 is 2.09 bits per heavy atom. The van der Waals surface area contributed by atoms with Crippen LogP contribution in [0.15, 0.2) is 99.4 Å². The number of halogens is 3. The molecule has 2 unspecified atom stereocenters. The maximum absolute atomic E-state index is 14.2. The van der Waals surface area contributed by atoms with Crippen LogP contribution in [0.3, 0.4) is 0 Å². The minimum absolute atomic E-state index is 0.00703. The van der Waals surface area contributed by atoms with E-state index in [2.05, 4.69) is 11.3 Å². The Bertz CT molecular complexity index is 1860. The number of carbonyl (C=O) groups is 1. The van der Waals surface area contributed by atoms with Crippen molar-refractivity contribution in [3.8, 4) is 0 Å². The molecule has 0 aromatic heterocycles. The van der Waals surface area contributed by atoms with E-state index in [4.69, 9.17) is 26.7 Å². The third-order valence-electron chi connectivity index (χ3n) is 8.21. The summed E-state index contributed by atoms with van der Waals surface area (Å²) in [6.45, 7) is 7.91. The minimum Gasteiger partial charge on any atom is -0.465 e. The van der Waals surface area contributed by atoms with Crippen LogP contribution in [-0.4, -0.2) is 62.5 Å². The molecule has 13 heteroatoms. The molecule has 1 fully saturated rings.